The first kappa shape index (κ1) is 15.5. The van der Waals surface area contributed by atoms with E-state index >= 15 is 0 Å². The molecule has 0 aromatic carbocycles. The van der Waals surface area contributed by atoms with E-state index in [1.165, 1.54) is 4.68 Å². The zero-order valence-electron chi connectivity index (χ0n) is 11.0. The first-order valence-corrected chi connectivity index (χ1v) is 6.00. The lowest BCUT2D eigenvalue weighted by atomic mass is 9.97. The van der Waals surface area contributed by atoms with E-state index in [1.54, 1.807) is 14.0 Å². The molecule has 0 aliphatic heterocycles. The predicted octanol–water partition coefficient (Wildman–Crippen LogP) is 2.57. The van der Waals surface area contributed by atoms with E-state index in [0.717, 1.165) is 18.8 Å². The summed E-state index contributed by atoms with van der Waals surface area (Å²) in [6.07, 6.45) is -0.449. The van der Waals surface area contributed by atoms with Crippen molar-refractivity contribution < 1.29 is 13.2 Å². The van der Waals surface area contributed by atoms with E-state index in [1.807, 2.05) is 0 Å². The van der Waals surface area contributed by atoms with Gasteiger partial charge in [-0.1, -0.05) is 0 Å². The van der Waals surface area contributed by atoms with Gasteiger partial charge in [-0.25, -0.2) is 0 Å². The molecule has 1 N–H and O–H groups in total. The Balaban J connectivity index is 2.39. The van der Waals surface area contributed by atoms with Crippen molar-refractivity contribution in [3.63, 3.8) is 0 Å². The number of nitriles is 1. The fourth-order valence-corrected chi connectivity index (χ4v) is 1.62. The molecule has 19 heavy (non-hydrogen) atoms. The normalized spacial score (nSPS) is 14.9. The minimum atomic E-state index is -4.34. The van der Waals surface area contributed by atoms with Crippen LogP contribution in [0.4, 0.5) is 13.2 Å². The quantitative estimate of drug-likeness (QED) is 0.811. The van der Waals surface area contributed by atoms with Gasteiger partial charge in [-0.15, -0.1) is 0 Å². The number of nitrogens with zero attached hydrogens (tertiary/aromatic N) is 3. The van der Waals surface area contributed by atoms with E-state index in [-0.39, 0.29) is 0 Å². The summed E-state index contributed by atoms with van der Waals surface area (Å²) in [5, 5.41) is 15.5. The van der Waals surface area contributed by atoms with E-state index in [9.17, 15) is 13.2 Å². The molecular formula is C12H17F3N4. The summed E-state index contributed by atoms with van der Waals surface area (Å²) in [5.74, 6) is 0. The van der Waals surface area contributed by atoms with Gasteiger partial charge < -0.3 is 5.32 Å². The zero-order chi connectivity index (χ0) is 14.5. The number of hydrogen-bond donors (Lipinski definition) is 1. The van der Waals surface area contributed by atoms with Crippen molar-refractivity contribution in [1.29, 1.82) is 5.26 Å². The molecule has 0 spiro atoms. The maximum absolute atomic E-state index is 12.3. The number of nitrogens with one attached hydrogen (secondary N) is 1. The smallest absolute Gasteiger partial charge is 0.303 e. The highest BCUT2D eigenvalue weighted by Crippen LogP contribution is 2.28. The molecule has 1 atom stereocenters. The van der Waals surface area contributed by atoms with Gasteiger partial charge in [0.25, 0.3) is 0 Å². The molecule has 1 aromatic rings. The van der Waals surface area contributed by atoms with Crippen molar-refractivity contribution in [2.24, 2.45) is 0 Å². The van der Waals surface area contributed by atoms with Crippen molar-refractivity contribution in [2.45, 2.75) is 44.4 Å². The second-order valence-electron chi connectivity index (χ2n) is 4.64. The summed E-state index contributed by atoms with van der Waals surface area (Å²) in [4.78, 5) is 0. The maximum Gasteiger partial charge on any atom is 0.419 e. The third-order valence-electron chi connectivity index (χ3n) is 3.07. The Labute approximate surface area is 110 Å². The van der Waals surface area contributed by atoms with Crippen molar-refractivity contribution >= 4 is 0 Å². The molecule has 106 valence electrons. The summed E-state index contributed by atoms with van der Waals surface area (Å²) in [5.41, 5.74) is -1.31. The highest BCUT2D eigenvalue weighted by molar-refractivity contribution is 5.08. The lowest BCUT2D eigenvalue weighted by Gasteiger charge is -2.20. The summed E-state index contributed by atoms with van der Waals surface area (Å²) in [6.45, 7) is 2.21. The van der Waals surface area contributed by atoms with Gasteiger partial charge in [-0.2, -0.15) is 23.5 Å². The fraction of sp³-hybridized carbons (Fsp3) is 0.667. The van der Waals surface area contributed by atoms with E-state index in [0.29, 0.717) is 19.4 Å². The average Bonchev–Trinajstić information content (AvgIpc) is 2.83. The molecule has 0 bridgehead atoms. The van der Waals surface area contributed by atoms with E-state index in [2.05, 4.69) is 16.5 Å². The van der Waals surface area contributed by atoms with Crippen LogP contribution in [-0.2, 0) is 12.7 Å². The zero-order valence-corrected chi connectivity index (χ0v) is 11.0. The van der Waals surface area contributed by atoms with Crippen LogP contribution in [0.2, 0.25) is 0 Å². The van der Waals surface area contributed by atoms with Crippen LogP contribution in [0.5, 0.6) is 0 Å². The Morgan fingerprint density at radius 2 is 2.11 bits per heavy atom. The van der Waals surface area contributed by atoms with Gasteiger partial charge in [0.2, 0.25) is 0 Å². The van der Waals surface area contributed by atoms with Gasteiger partial charge in [0.15, 0.2) is 0 Å². The van der Waals surface area contributed by atoms with Crippen LogP contribution in [-0.4, -0.2) is 22.4 Å². The van der Waals surface area contributed by atoms with Gasteiger partial charge in [-0.3, -0.25) is 4.68 Å². The topological polar surface area (TPSA) is 53.6 Å². The molecule has 0 saturated carbocycles. The number of unbranched alkanes of at least 4 members (excludes halogenated alkanes) is 1. The van der Waals surface area contributed by atoms with Gasteiger partial charge in [0, 0.05) is 12.7 Å². The van der Waals surface area contributed by atoms with Crippen molar-refractivity contribution in [3.8, 4) is 6.07 Å². The Kier molecular flexibility index (Phi) is 4.95. The van der Waals surface area contributed by atoms with Gasteiger partial charge >= 0.3 is 6.18 Å². The van der Waals surface area contributed by atoms with E-state index in [4.69, 9.17) is 5.26 Å². The number of aromatic nitrogens is 2. The summed E-state index contributed by atoms with van der Waals surface area (Å²) in [6, 6.07) is 2.17. The van der Waals surface area contributed by atoms with Gasteiger partial charge in [0.05, 0.1) is 17.8 Å². The molecule has 0 saturated heterocycles. The molecule has 0 aliphatic rings. The lowest BCUT2D eigenvalue weighted by molar-refractivity contribution is -0.137. The average molecular weight is 274 g/mol. The molecule has 0 aliphatic carbocycles. The first-order chi connectivity index (χ1) is 8.80. The fourth-order valence-electron chi connectivity index (χ4n) is 1.62. The minimum Gasteiger partial charge on any atom is -0.303 e. The summed E-state index contributed by atoms with van der Waals surface area (Å²) < 4.78 is 38.3. The molecular weight excluding hydrogens is 257 g/mol. The van der Waals surface area contributed by atoms with Crippen LogP contribution in [0, 0.1) is 11.3 Å². The molecule has 4 nitrogen and oxygen atoms in total. The number of rotatable bonds is 6. The molecule has 1 rings (SSSR count). The molecule has 0 radical (unpaired) electrons. The van der Waals surface area contributed by atoms with Crippen LogP contribution in [0.25, 0.3) is 0 Å². The van der Waals surface area contributed by atoms with Crippen molar-refractivity contribution in [1.82, 2.24) is 15.1 Å². The standard InChI is InChI=1S/C12H17F3N4/c1-11(9-16,17-2)5-3-4-6-19-8-10(7-18-19)12(13,14)15/h7-8,17H,3-6H2,1-2H3. The van der Waals surface area contributed by atoms with Crippen molar-refractivity contribution in [3.05, 3.63) is 18.0 Å². The van der Waals surface area contributed by atoms with Crippen LogP contribution < -0.4 is 5.32 Å². The Morgan fingerprint density at radius 3 is 2.58 bits per heavy atom. The summed E-state index contributed by atoms with van der Waals surface area (Å²) in [7, 11) is 1.71. The van der Waals surface area contributed by atoms with Crippen LogP contribution >= 0.6 is 0 Å². The second kappa shape index (κ2) is 6.06. The largest absolute Gasteiger partial charge is 0.419 e. The third kappa shape index (κ3) is 4.56. The SMILES string of the molecule is CNC(C)(C#N)CCCCn1cc(C(F)(F)F)cn1. The number of alkyl halides is 3. The number of aryl methyl sites for hydroxylation is 1. The summed E-state index contributed by atoms with van der Waals surface area (Å²) >= 11 is 0. The van der Waals surface area contributed by atoms with E-state index < -0.39 is 17.3 Å². The monoisotopic (exact) mass is 274 g/mol. The van der Waals surface area contributed by atoms with Crippen LogP contribution in [0.15, 0.2) is 12.4 Å². The number of halogens is 3. The lowest BCUT2D eigenvalue weighted by Crippen LogP contribution is -2.37. The maximum atomic E-state index is 12.3. The van der Waals surface area contributed by atoms with Crippen LogP contribution in [0.3, 0.4) is 0 Å². The second-order valence-corrected chi connectivity index (χ2v) is 4.64. The third-order valence-corrected chi connectivity index (χ3v) is 3.07. The number of hydrogen-bond acceptors (Lipinski definition) is 3. The molecule has 1 aromatic heterocycles. The molecule has 7 heteroatoms. The Morgan fingerprint density at radius 1 is 1.42 bits per heavy atom. The highest BCUT2D eigenvalue weighted by Gasteiger charge is 2.32. The van der Waals surface area contributed by atoms with Crippen molar-refractivity contribution in [2.75, 3.05) is 7.05 Å². The predicted molar refractivity (Wildman–Crippen MR) is 64.2 cm³/mol. The van der Waals surface area contributed by atoms with Gasteiger partial charge in [-0.05, 0) is 33.2 Å². The Hall–Kier alpha value is -1.55. The van der Waals surface area contributed by atoms with Crippen LogP contribution in [0.1, 0.15) is 31.7 Å². The highest BCUT2D eigenvalue weighted by atomic mass is 19.4. The molecule has 1 unspecified atom stereocenters. The first-order valence-electron chi connectivity index (χ1n) is 6.00. The molecule has 0 fully saturated rings. The molecule has 1 heterocycles. The minimum absolute atomic E-state index is 0.418. The van der Waals surface area contributed by atoms with Gasteiger partial charge in [0.1, 0.15) is 5.54 Å². The Bertz CT molecular complexity index is 447. The molecule has 0 amide bonds.